The number of carboxylic acid groups (broad SMARTS) is 1. The van der Waals surface area contributed by atoms with E-state index in [1.54, 1.807) is 18.3 Å². The molecular weight excluding hydrogens is 360 g/mol. The molecule has 3 rings (SSSR count). The fourth-order valence-corrected chi connectivity index (χ4v) is 2.82. The zero-order chi connectivity index (χ0) is 18.7. The molecule has 1 aliphatic heterocycles. The minimum absolute atomic E-state index is 0.0470. The van der Waals surface area contributed by atoms with Gasteiger partial charge in [0, 0.05) is 18.8 Å². The molecule has 2 aromatic rings. The lowest BCUT2D eigenvalue weighted by Gasteiger charge is -2.30. The standard InChI is InChI=1S/C18H17ClN2O5/c1-11(13-4-2-3-6-20-13)26-15-9-16-14(8-12(15)19)21(7-5-18(23)24)17(22)10-25-16/h2-4,6,8-9,11H,5,7,10H2,1H3,(H,23,24). The number of amides is 1. The number of carbonyl (C=O) groups excluding carboxylic acids is 1. The summed E-state index contributed by atoms with van der Waals surface area (Å²) in [5, 5.41) is 9.16. The van der Waals surface area contributed by atoms with Crippen molar-refractivity contribution in [2.24, 2.45) is 0 Å². The number of hydrogen-bond donors (Lipinski definition) is 1. The van der Waals surface area contributed by atoms with Gasteiger partial charge in [0.2, 0.25) is 0 Å². The number of hydrogen-bond acceptors (Lipinski definition) is 5. The van der Waals surface area contributed by atoms with E-state index in [-0.39, 0.29) is 31.6 Å². The summed E-state index contributed by atoms with van der Waals surface area (Å²) >= 11 is 6.31. The van der Waals surface area contributed by atoms with E-state index in [1.165, 1.54) is 4.90 Å². The number of rotatable bonds is 6. The summed E-state index contributed by atoms with van der Waals surface area (Å²) < 4.78 is 11.3. The first-order valence-corrected chi connectivity index (χ1v) is 8.39. The van der Waals surface area contributed by atoms with Gasteiger partial charge in [-0.05, 0) is 25.1 Å². The normalized spacial score (nSPS) is 14.4. The van der Waals surface area contributed by atoms with Crippen molar-refractivity contribution in [1.82, 2.24) is 4.98 Å². The van der Waals surface area contributed by atoms with Crippen molar-refractivity contribution in [2.75, 3.05) is 18.1 Å². The lowest BCUT2D eigenvalue weighted by atomic mass is 10.2. The quantitative estimate of drug-likeness (QED) is 0.833. The van der Waals surface area contributed by atoms with E-state index in [0.717, 1.165) is 5.69 Å². The van der Waals surface area contributed by atoms with Gasteiger partial charge in [0.25, 0.3) is 5.91 Å². The number of aromatic nitrogens is 1. The van der Waals surface area contributed by atoms with Crippen molar-refractivity contribution in [3.8, 4) is 11.5 Å². The molecule has 1 aromatic heterocycles. The van der Waals surface area contributed by atoms with Crippen molar-refractivity contribution < 1.29 is 24.2 Å². The van der Waals surface area contributed by atoms with Crippen LogP contribution in [0.4, 0.5) is 5.69 Å². The van der Waals surface area contributed by atoms with Gasteiger partial charge in [0.1, 0.15) is 17.6 Å². The third-order valence-electron chi connectivity index (χ3n) is 3.91. The van der Waals surface area contributed by atoms with E-state index in [0.29, 0.717) is 22.2 Å². The zero-order valence-corrected chi connectivity index (χ0v) is 14.8. The third-order valence-corrected chi connectivity index (χ3v) is 4.21. The van der Waals surface area contributed by atoms with Crippen molar-refractivity contribution >= 4 is 29.2 Å². The fourth-order valence-electron chi connectivity index (χ4n) is 2.61. The number of pyridine rings is 1. The van der Waals surface area contributed by atoms with Crippen LogP contribution >= 0.6 is 11.6 Å². The van der Waals surface area contributed by atoms with E-state index < -0.39 is 5.97 Å². The number of benzene rings is 1. The number of halogens is 1. The average Bonchev–Trinajstić information content (AvgIpc) is 2.62. The van der Waals surface area contributed by atoms with Gasteiger partial charge in [0.15, 0.2) is 6.61 Å². The topological polar surface area (TPSA) is 89.0 Å². The smallest absolute Gasteiger partial charge is 0.305 e. The van der Waals surface area contributed by atoms with Crippen molar-refractivity contribution in [1.29, 1.82) is 0 Å². The number of nitrogens with zero attached hydrogens (tertiary/aromatic N) is 2. The summed E-state index contributed by atoms with van der Waals surface area (Å²) in [6, 6.07) is 8.69. The maximum Gasteiger partial charge on any atom is 0.305 e. The lowest BCUT2D eigenvalue weighted by Crippen LogP contribution is -2.40. The first-order valence-electron chi connectivity index (χ1n) is 8.02. The van der Waals surface area contributed by atoms with E-state index in [9.17, 15) is 9.59 Å². The van der Waals surface area contributed by atoms with Crippen LogP contribution in [0.25, 0.3) is 0 Å². The van der Waals surface area contributed by atoms with Crippen LogP contribution in [-0.4, -0.2) is 35.1 Å². The largest absolute Gasteiger partial charge is 0.483 e. The highest BCUT2D eigenvalue weighted by atomic mass is 35.5. The summed E-state index contributed by atoms with van der Waals surface area (Å²) in [4.78, 5) is 28.5. The summed E-state index contributed by atoms with van der Waals surface area (Å²) in [5.41, 5.74) is 1.19. The van der Waals surface area contributed by atoms with Crippen LogP contribution in [0.3, 0.4) is 0 Å². The number of aliphatic carboxylic acids is 1. The van der Waals surface area contributed by atoms with E-state index >= 15 is 0 Å². The Labute approximate surface area is 155 Å². The van der Waals surface area contributed by atoms with Gasteiger partial charge in [-0.3, -0.25) is 14.6 Å². The molecule has 0 fully saturated rings. The van der Waals surface area contributed by atoms with Crippen molar-refractivity contribution in [3.63, 3.8) is 0 Å². The molecule has 136 valence electrons. The average molecular weight is 377 g/mol. The molecule has 0 saturated carbocycles. The Morgan fingerprint density at radius 3 is 2.96 bits per heavy atom. The van der Waals surface area contributed by atoms with Crippen LogP contribution in [-0.2, 0) is 9.59 Å². The predicted molar refractivity (Wildman–Crippen MR) is 94.8 cm³/mol. The van der Waals surface area contributed by atoms with E-state index in [1.807, 2.05) is 25.1 Å². The Morgan fingerprint density at radius 1 is 1.46 bits per heavy atom. The molecular formula is C18H17ClN2O5. The van der Waals surface area contributed by atoms with E-state index in [2.05, 4.69) is 4.98 Å². The molecule has 1 atom stereocenters. The van der Waals surface area contributed by atoms with Crippen LogP contribution in [0.15, 0.2) is 36.5 Å². The lowest BCUT2D eigenvalue weighted by molar-refractivity contribution is -0.136. The predicted octanol–water partition coefficient (Wildman–Crippen LogP) is 3.08. The molecule has 1 amide bonds. The zero-order valence-electron chi connectivity index (χ0n) is 14.0. The molecule has 26 heavy (non-hydrogen) atoms. The Bertz CT molecular complexity index is 828. The molecule has 1 aliphatic rings. The summed E-state index contributed by atoms with van der Waals surface area (Å²) in [6.45, 7) is 1.73. The SMILES string of the molecule is CC(Oc1cc2c(cc1Cl)N(CCC(=O)O)C(=O)CO2)c1ccccn1. The molecule has 0 radical (unpaired) electrons. The monoisotopic (exact) mass is 376 g/mol. The fraction of sp³-hybridized carbons (Fsp3) is 0.278. The molecule has 2 heterocycles. The molecule has 0 spiro atoms. The maximum absolute atomic E-state index is 12.1. The Hall–Kier alpha value is -2.80. The maximum atomic E-state index is 12.1. The summed E-state index contributed by atoms with van der Waals surface area (Å²) in [5.74, 6) is -0.481. The molecule has 1 unspecified atom stereocenters. The first-order chi connectivity index (χ1) is 12.5. The van der Waals surface area contributed by atoms with Crippen LogP contribution < -0.4 is 14.4 Å². The molecule has 1 N–H and O–H groups in total. The highest BCUT2D eigenvalue weighted by molar-refractivity contribution is 6.32. The minimum Gasteiger partial charge on any atom is -0.483 e. The number of anilines is 1. The van der Waals surface area contributed by atoms with Crippen LogP contribution in [0.5, 0.6) is 11.5 Å². The van der Waals surface area contributed by atoms with Gasteiger partial charge in [-0.2, -0.15) is 0 Å². The number of ether oxygens (including phenoxy) is 2. The molecule has 0 bridgehead atoms. The van der Waals surface area contributed by atoms with E-state index in [4.69, 9.17) is 26.2 Å². The second-order valence-corrected chi connectivity index (χ2v) is 6.15. The molecule has 0 aliphatic carbocycles. The highest BCUT2D eigenvalue weighted by Crippen LogP contribution is 2.41. The second-order valence-electron chi connectivity index (χ2n) is 5.74. The number of carbonyl (C=O) groups is 2. The third kappa shape index (κ3) is 3.88. The molecule has 0 saturated heterocycles. The van der Waals surface area contributed by atoms with Gasteiger partial charge in [-0.15, -0.1) is 0 Å². The van der Waals surface area contributed by atoms with Crippen molar-refractivity contribution in [3.05, 3.63) is 47.2 Å². The van der Waals surface area contributed by atoms with Gasteiger partial charge < -0.3 is 19.5 Å². The molecule has 1 aromatic carbocycles. The number of carboxylic acids is 1. The van der Waals surface area contributed by atoms with Crippen LogP contribution in [0.1, 0.15) is 25.1 Å². The minimum atomic E-state index is -0.985. The van der Waals surface area contributed by atoms with Crippen molar-refractivity contribution in [2.45, 2.75) is 19.4 Å². The van der Waals surface area contributed by atoms with Gasteiger partial charge in [-0.1, -0.05) is 17.7 Å². The highest BCUT2D eigenvalue weighted by Gasteiger charge is 2.28. The molecule has 7 nitrogen and oxygen atoms in total. The Morgan fingerprint density at radius 2 is 2.27 bits per heavy atom. The molecule has 8 heteroatoms. The van der Waals surface area contributed by atoms with Gasteiger partial charge in [0.05, 0.1) is 22.8 Å². The Balaban J connectivity index is 1.85. The Kier molecular flexibility index (Phi) is 5.27. The van der Waals surface area contributed by atoms with Crippen LogP contribution in [0, 0.1) is 0 Å². The summed E-state index contributed by atoms with van der Waals surface area (Å²) in [6.07, 6.45) is 1.18. The second kappa shape index (κ2) is 7.61. The van der Waals surface area contributed by atoms with Gasteiger partial charge >= 0.3 is 5.97 Å². The first kappa shape index (κ1) is 18.0. The van der Waals surface area contributed by atoms with Gasteiger partial charge in [-0.25, -0.2) is 0 Å². The number of fused-ring (bicyclic) bond motifs is 1. The summed E-state index contributed by atoms with van der Waals surface area (Å²) in [7, 11) is 0. The van der Waals surface area contributed by atoms with Crippen LogP contribution in [0.2, 0.25) is 5.02 Å².